The molecule has 0 aliphatic heterocycles. The molecule has 106 valence electrons. The van der Waals surface area contributed by atoms with Crippen molar-refractivity contribution >= 4 is 11.7 Å². The monoisotopic (exact) mass is 264 g/mol. The third-order valence-corrected chi connectivity index (χ3v) is 3.04. The normalized spacial score (nSPS) is 10.6. The number of nitrogens with zero attached hydrogens (tertiary/aromatic N) is 3. The average molecular weight is 264 g/mol. The molecule has 1 N–H and O–H groups in total. The molecule has 0 saturated carbocycles. The summed E-state index contributed by atoms with van der Waals surface area (Å²) in [6, 6.07) is 1.94. The topological polar surface area (TPSA) is 58.1 Å². The third-order valence-electron chi connectivity index (χ3n) is 3.04. The molecule has 0 saturated heterocycles. The van der Waals surface area contributed by atoms with Crippen molar-refractivity contribution in [1.82, 2.24) is 14.9 Å². The maximum absolute atomic E-state index is 11.8. The molecule has 0 atom stereocenters. The summed E-state index contributed by atoms with van der Waals surface area (Å²) < 4.78 is 0. The van der Waals surface area contributed by atoms with E-state index in [9.17, 15) is 4.79 Å². The fourth-order valence-electron chi connectivity index (χ4n) is 1.82. The van der Waals surface area contributed by atoms with E-state index in [-0.39, 0.29) is 5.91 Å². The quantitative estimate of drug-likeness (QED) is 0.820. The van der Waals surface area contributed by atoms with Crippen molar-refractivity contribution in [3.63, 3.8) is 0 Å². The fourth-order valence-corrected chi connectivity index (χ4v) is 1.82. The Bertz CT molecular complexity index is 402. The van der Waals surface area contributed by atoms with Crippen LogP contribution in [0.4, 0.5) is 5.82 Å². The molecule has 0 radical (unpaired) electrons. The van der Waals surface area contributed by atoms with E-state index in [4.69, 9.17) is 0 Å². The Balaban J connectivity index is 2.45. The van der Waals surface area contributed by atoms with Crippen LogP contribution in [0.15, 0.2) is 12.4 Å². The predicted octanol–water partition coefficient (Wildman–Crippen LogP) is 2.27. The zero-order valence-electron chi connectivity index (χ0n) is 12.3. The van der Waals surface area contributed by atoms with Crippen LogP contribution in [-0.2, 0) is 4.79 Å². The van der Waals surface area contributed by atoms with Crippen LogP contribution >= 0.6 is 0 Å². The molecule has 0 bridgehead atoms. The largest absolute Gasteiger partial charge is 0.369 e. The summed E-state index contributed by atoms with van der Waals surface area (Å²) in [5.41, 5.74) is 1.01. The first-order valence-electron chi connectivity index (χ1n) is 6.92. The maximum Gasteiger partial charge on any atom is 0.224 e. The number of amides is 1. The molecule has 0 unspecified atom stereocenters. The number of carbonyl (C=O) groups is 1. The summed E-state index contributed by atoms with van der Waals surface area (Å²) >= 11 is 0. The van der Waals surface area contributed by atoms with E-state index in [1.807, 2.05) is 24.8 Å². The third kappa shape index (κ3) is 4.85. The first kappa shape index (κ1) is 15.4. The van der Waals surface area contributed by atoms with Gasteiger partial charge in [-0.15, -0.1) is 0 Å². The molecule has 1 rings (SSSR count). The molecule has 0 aromatic carbocycles. The Kier molecular flexibility index (Phi) is 6.25. The number of hydrogen-bond donors (Lipinski definition) is 1. The van der Waals surface area contributed by atoms with Crippen molar-refractivity contribution in [1.29, 1.82) is 0 Å². The lowest BCUT2D eigenvalue weighted by atomic mass is 10.1. The lowest BCUT2D eigenvalue weighted by Crippen LogP contribution is -2.31. The number of aromatic nitrogens is 2. The smallest absolute Gasteiger partial charge is 0.224 e. The van der Waals surface area contributed by atoms with Crippen molar-refractivity contribution in [2.24, 2.45) is 0 Å². The van der Waals surface area contributed by atoms with E-state index < -0.39 is 0 Å². The Labute approximate surface area is 115 Å². The summed E-state index contributed by atoms with van der Waals surface area (Å²) in [5.74, 6) is 1.34. The number of hydrogen-bond acceptors (Lipinski definition) is 4. The van der Waals surface area contributed by atoms with Gasteiger partial charge in [-0.05, 0) is 19.8 Å². The Hall–Kier alpha value is -1.65. The van der Waals surface area contributed by atoms with E-state index >= 15 is 0 Å². The van der Waals surface area contributed by atoms with Gasteiger partial charge in [0.2, 0.25) is 5.91 Å². The summed E-state index contributed by atoms with van der Waals surface area (Å²) in [5, 5.41) is 3.18. The number of rotatable bonds is 7. The van der Waals surface area contributed by atoms with Gasteiger partial charge in [-0.2, -0.15) is 0 Å². The van der Waals surface area contributed by atoms with Crippen molar-refractivity contribution in [3.05, 3.63) is 18.1 Å². The first-order chi connectivity index (χ1) is 9.08. The molecule has 1 aromatic heterocycles. The second-order valence-electron chi connectivity index (χ2n) is 4.73. The fraction of sp³-hybridized carbons (Fsp3) is 0.643. The predicted molar refractivity (Wildman–Crippen MR) is 77.2 cm³/mol. The van der Waals surface area contributed by atoms with Gasteiger partial charge in [0.1, 0.15) is 12.1 Å². The first-order valence-corrected chi connectivity index (χ1v) is 6.92. The zero-order chi connectivity index (χ0) is 14.3. The minimum absolute atomic E-state index is 0.177. The van der Waals surface area contributed by atoms with Crippen LogP contribution in [0.3, 0.4) is 0 Å². The van der Waals surface area contributed by atoms with Crippen molar-refractivity contribution < 1.29 is 4.79 Å². The molecular formula is C14H24N4O. The minimum Gasteiger partial charge on any atom is -0.369 e. The van der Waals surface area contributed by atoms with Crippen LogP contribution in [0.5, 0.6) is 0 Å². The van der Waals surface area contributed by atoms with E-state index in [2.05, 4.69) is 29.1 Å². The highest BCUT2D eigenvalue weighted by Gasteiger charge is 2.09. The highest BCUT2D eigenvalue weighted by Crippen LogP contribution is 2.13. The zero-order valence-corrected chi connectivity index (χ0v) is 12.3. The van der Waals surface area contributed by atoms with E-state index in [0.29, 0.717) is 18.9 Å². The van der Waals surface area contributed by atoms with Crippen LogP contribution < -0.4 is 5.32 Å². The lowest BCUT2D eigenvalue weighted by molar-refractivity contribution is -0.130. The molecule has 0 fully saturated rings. The molecule has 1 aromatic rings. The van der Waals surface area contributed by atoms with Gasteiger partial charge in [0.25, 0.3) is 0 Å². The molecule has 19 heavy (non-hydrogen) atoms. The van der Waals surface area contributed by atoms with Gasteiger partial charge >= 0.3 is 0 Å². The molecule has 0 aliphatic carbocycles. The second kappa shape index (κ2) is 7.71. The Morgan fingerprint density at radius 1 is 1.32 bits per heavy atom. The highest BCUT2D eigenvalue weighted by atomic mass is 16.2. The summed E-state index contributed by atoms with van der Waals surface area (Å²) in [4.78, 5) is 22.0. The van der Waals surface area contributed by atoms with Crippen LogP contribution in [0, 0.1) is 0 Å². The number of nitrogens with one attached hydrogen (secondary N) is 1. The van der Waals surface area contributed by atoms with Gasteiger partial charge in [0.15, 0.2) is 0 Å². The molecule has 5 nitrogen and oxygen atoms in total. The van der Waals surface area contributed by atoms with E-state index in [1.165, 1.54) is 0 Å². The SMILES string of the molecule is CCN(CC)C(=O)CCNc1cc(C(C)C)ncn1. The molecule has 5 heteroatoms. The summed E-state index contributed by atoms with van der Waals surface area (Å²) in [6.07, 6.45) is 2.05. The molecule has 1 heterocycles. The van der Waals surface area contributed by atoms with Crippen LogP contribution in [0.25, 0.3) is 0 Å². The van der Waals surface area contributed by atoms with Gasteiger partial charge in [-0.1, -0.05) is 13.8 Å². The van der Waals surface area contributed by atoms with Crippen molar-refractivity contribution in [2.45, 2.75) is 40.0 Å². The van der Waals surface area contributed by atoms with Crippen LogP contribution in [0.2, 0.25) is 0 Å². The van der Waals surface area contributed by atoms with E-state index in [0.717, 1.165) is 24.6 Å². The second-order valence-corrected chi connectivity index (χ2v) is 4.73. The van der Waals surface area contributed by atoms with Crippen molar-refractivity contribution in [2.75, 3.05) is 25.0 Å². The Morgan fingerprint density at radius 3 is 2.58 bits per heavy atom. The minimum atomic E-state index is 0.177. The van der Waals surface area contributed by atoms with E-state index in [1.54, 1.807) is 6.33 Å². The van der Waals surface area contributed by atoms with Crippen LogP contribution in [-0.4, -0.2) is 40.4 Å². The summed E-state index contributed by atoms with van der Waals surface area (Å²) in [7, 11) is 0. The molecule has 1 amide bonds. The molecular weight excluding hydrogens is 240 g/mol. The summed E-state index contributed by atoms with van der Waals surface area (Å²) in [6.45, 7) is 10.3. The van der Waals surface area contributed by atoms with Crippen molar-refractivity contribution in [3.8, 4) is 0 Å². The van der Waals surface area contributed by atoms with Gasteiger partial charge in [0.05, 0.1) is 0 Å². The van der Waals surface area contributed by atoms with Gasteiger partial charge in [-0.25, -0.2) is 9.97 Å². The molecule has 0 aliphatic rings. The molecule has 0 spiro atoms. The van der Waals surface area contributed by atoms with Gasteiger partial charge in [-0.3, -0.25) is 4.79 Å². The lowest BCUT2D eigenvalue weighted by Gasteiger charge is -2.18. The van der Waals surface area contributed by atoms with Gasteiger partial charge in [0, 0.05) is 37.8 Å². The highest BCUT2D eigenvalue weighted by molar-refractivity contribution is 5.76. The number of carbonyl (C=O) groups excluding carboxylic acids is 1. The maximum atomic E-state index is 11.8. The van der Waals surface area contributed by atoms with Gasteiger partial charge < -0.3 is 10.2 Å². The average Bonchev–Trinajstić information content (AvgIpc) is 2.40. The standard InChI is InChI=1S/C14H24N4O/c1-5-18(6-2)14(19)7-8-15-13-9-12(11(3)4)16-10-17-13/h9-11H,5-8H2,1-4H3,(H,15,16,17). The number of anilines is 1. The Morgan fingerprint density at radius 2 is 2.00 bits per heavy atom. The van der Waals surface area contributed by atoms with Crippen LogP contribution in [0.1, 0.15) is 45.7 Å².